The molecule has 6 nitrogen and oxygen atoms in total. The van der Waals surface area contributed by atoms with Crippen LogP contribution in [0.5, 0.6) is 0 Å². The number of aryl methyl sites for hydroxylation is 1. The first kappa shape index (κ1) is 27.0. The lowest BCUT2D eigenvalue weighted by Gasteiger charge is -2.25. The van der Waals surface area contributed by atoms with Gasteiger partial charge in [-0.3, -0.25) is 14.4 Å². The van der Waals surface area contributed by atoms with E-state index in [1.807, 2.05) is 42.5 Å². The molecule has 9 heteroatoms. The third-order valence-electron chi connectivity index (χ3n) is 6.34. The zero-order valence-electron chi connectivity index (χ0n) is 19.9. The van der Waals surface area contributed by atoms with Gasteiger partial charge in [0.25, 0.3) is 0 Å². The van der Waals surface area contributed by atoms with Gasteiger partial charge in [-0.15, -0.1) is 0 Å². The summed E-state index contributed by atoms with van der Waals surface area (Å²) in [5, 5.41) is 5.66. The van der Waals surface area contributed by atoms with Crippen LogP contribution in [0.4, 0.5) is 10.1 Å². The Morgan fingerprint density at radius 3 is 2.43 bits per heavy atom. The Bertz CT molecular complexity index is 1270. The number of hydrogen-bond donors (Lipinski definition) is 2. The maximum absolute atomic E-state index is 13.9. The van der Waals surface area contributed by atoms with E-state index in [-0.39, 0.29) is 10.4 Å². The minimum Gasteiger partial charge on any atom is -0.341 e. The van der Waals surface area contributed by atoms with Crippen molar-refractivity contribution >= 4 is 55.3 Å². The molecular weight excluding hydrogens is 605 g/mol. The molecule has 2 N–H and O–H groups in total. The fourth-order valence-electron chi connectivity index (χ4n) is 4.40. The maximum atomic E-state index is 13.9. The number of nitrogens with one attached hydrogen (secondary N) is 2. The number of anilines is 1. The standard InChI is InChI=1S/C28H26Br2FN3O3/c29-20-10-12-21(13-11-20)32-26(35)25-7-4-16-34(25)28(37)27(36)33-24(15-8-18-5-2-1-3-6-18)19-9-14-23(31)22(30)17-19/h1-3,5-6,9-14,17,24-25H,4,7-8,15-16H2,(H,32,35)(H,33,36). The van der Waals surface area contributed by atoms with Crippen LogP contribution in [0.15, 0.2) is 81.7 Å². The second-order valence-electron chi connectivity index (χ2n) is 8.88. The number of rotatable bonds is 7. The quantitative estimate of drug-likeness (QED) is 0.325. The van der Waals surface area contributed by atoms with Crippen molar-refractivity contribution in [2.75, 3.05) is 11.9 Å². The Morgan fingerprint density at radius 2 is 1.73 bits per heavy atom. The predicted octanol–water partition coefficient (Wildman–Crippen LogP) is 5.77. The number of hydrogen-bond acceptors (Lipinski definition) is 3. The lowest BCUT2D eigenvalue weighted by molar-refractivity contribution is -0.148. The lowest BCUT2D eigenvalue weighted by atomic mass is 9.98. The monoisotopic (exact) mass is 629 g/mol. The molecule has 3 aromatic carbocycles. The molecule has 3 amide bonds. The minimum absolute atomic E-state index is 0.277. The van der Waals surface area contributed by atoms with Crippen molar-refractivity contribution < 1.29 is 18.8 Å². The molecule has 1 aliphatic heterocycles. The Hall–Kier alpha value is -3.04. The van der Waals surface area contributed by atoms with E-state index in [0.717, 1.165) is 10.0 Å². The van der Waals surface area contributed by atoms with Crippen LogP contribution in [0.3, 0.4) is 0 Å². The number of likely N-dealkylation sites (tertiary alicyclic amines) is 1. The first-order valence-electron chi connectivity index (χ1n) is 12.0. The molecular formula is C28H26Br2FN3O3. The largest absolute Gasteiger partial charge is 0.341 e. The molecule has 192 valence electrons. The van der Waals surface area contributed by atoms with E-state index in [0.29, 0.717) is 43.5 Å². The van der Waals surface area contributed by atoms with Crippen molar-refractivity contribution in [2.45, 2.75) is 37.8 Å². The first-order chi connectivity index (χ1) is 17.8. The van der Waals surface area contributed by atoms with Crippen LogP contribution in [0.2, 0.25) is 0 Å². The van der Waals surface area contributed by atoms with Crippen LogP contribution in [-0.4, -0.2) is 35.2 Å². The third kappa shape index (κ3) is 7.05. The van der Waals surface area contributed by atoms with Crippen LogP contribution in [0.25, 0.3) is 0 Å². The molecule has 0 bridgehead atoms. The van der Waals surface area contributed by atoms with E-state index < -0.39 is 29.7 Å². The van der Waals surface area contributed by atoms with Gasteiger partial charge in [-0.05, 0) is 89.1 Å². The summed E-state index contributed by atoms with van der Waals surface area (Å²) in [5.74, 6) is -2.28. The van der Waals surface area contributed by atoms with Gasteiger partial charge in [0, 0.05) is 16.7 Å². The summed E-state index contributed by atoms with van der Waals surface area (Å²) in [5.41, 5.74) is 2.37. The Kier molecular flexibility index (Phi) is 9.10. The van der Waals surface area contributed by atoms with E-state index in [4.69, 9.17) is 0 Å². The van der Waals surface area contributed by atoms with Crippen LogP contribution in [-0.2, 0) is 20.8 Å². The van der Waals surface area contributed by atoms with Crippen molar-refractivity contribution in [3.8, 4) is 0 Å². The highest BCUT2D eigenvalue weighted by atomic mass is 79.9. The summed E-state index contributed by atoms with van der Waals surface area (Å²) < 4.78 is 15.0. The van der Waals surface area contributed by atoms with Gasteiger partial charge in [-0.25, -0.2) is 4.39 Å². The minimum atomic E-state index is -0.790. The Balaban J connectivity index is 1.46. The summed E-state index contributed by atoms with van der Waals surface area (Å²) in [6.45, 7) is 0.321. The fraction of sp³-hybridized carbons (Fsp3) is 0.250. The molecule has 4 rings (SSSR count). The lowest BCUT2D eigenvalue weighted by Crippen LogP contribution is -2.49. The van der Waals surface area contributed by atoms with Crippen molar-refractivity contribution in [2.24, 2.45) is 0 Å². The molecule has 1 saturated heterocycles. The van der Waals surface area contributed by atoms with Gasteiger partial charge in [0.1, 0.15) is 11.9 Å². The zero-order chi connectivity index (χ0) is 26.4. The molecule has 1 aliphatic rings. The third-order valence-corrected chi connectivity index (χ3v) is 7.47. The van der Waals surface area contributed by atoms with Crippen molar-refractivity contribution in [1.82, 2.24) is 10.2 Å². The molecule has 0 aliphatic carbocycles. The Morgan fingerprint density at radius 1 is 1.00 bits per heavy atom. The number of carbonyl (C=O) groups is 3. The average molecular weight is 631 g/mol. The second-order valence-corrected chi connectivity index (χ2v) is 10.6. The number of carbonyl (C=O) groups excluding carboxylic acids is 3. The van der Waals surface area contributed by atoms with Crippen molar-refractivity contribution in [3.63, 3.8) is 0 Å². The van der Waals surface area contributed by atoms with Crippen molar-refractivity contribution in [1.29, 1.82) is 0 Å². The van der Waals surface area contributed by atoms with Gasteiger partial charge >= 0.3 is 11.8 Å². The summed E-state index contributed by atoms with van der Waals surface area (Å²) in [7, 11) is 0. The number of benzene rings is 3. The van der Waals surface area contributed by atoms with Gasteiger partial charge in [0.2, 0.25) is 5.91 Å². The highest BCUT2D eigenvalue weighted by molar-refractivity contribution is 9.10. The molecule has 3 aromatic rings. The van der Waals surface area contributed by atoms with Crippen LogP contribution < -0.4 is 10.6 Å². The van der Waals surface area contributed by atoms with Crippen LogP contribution in [0.1, 0.15) is 36.4 Å². The van der Waals surface area contributed by atoms with Gasteiger partial charge < -0.3 is 15.5 Å². The SMILES string of the molecule is O=C(NC(CCc1ccccc1)c1ccc(F)c(Br)c1)C(=O)N1CCCC1C(=O)Nc1ccc(Br)cc1. The van der Waals surface area contributed by atoms with E-state index in [1.54, 1.807) is 24.3 Å². The number of amides is 3. The highest BCUT2D eigenvalue weighted by Gasteiger charge is 2.37. The van der Waals surface area contributed by atoms with Crippen LogP contribution >= 0.6 is 31.9 Å². The smallest absolute Gasteiger partial charge is 0.312 e. The van der Waals surface area contributed by atoms with E-state index in [1.165, 1.54) is 11.0 Å². The molecule has 37 heavy (non-hydrogen) atoms. The van der Waals surface area contributed by atoms with Gasteiger partial charge in [-0.1, -0.05) is 52.3 Å². The predicted molar refractivity (Wildman–Crippen MR) is 147 cm³/mol. The van der Waals surface area contributed by atoms with E-state index in [2.05, 4.69) is 42.5 Å². The Labute approximate surface area is 231 Å². The van der Waals surface area contributed by atoms with Gasteiger partial charge in [0.05, 0.1) is 10.5 Å². The molecule has 0 saturated carbocycles. The molecule has 0 radical (unpaired) electrons. The number of halogens is 3. The average Bonchev–Trinajstić information content (AvgIpc) is 3.40. The fourth-order valence-corrected chi connectivity index (χ4v) is 5.06. The molecule has 1 fully saturated rings. The van der Waals surface area contributed by atoms with Crippen molar-refractivity contribution in [3.05, 3.63) is 98.7 Å². The molecule has 0 spiro atoms. The van der Waals surface area contributed by atoms with E-state index in [9.17, 15) is 18.8 Å². The zero-order valence-corrected chi connectivity index (χ0v) is 23.1. The van der Waals surface area contributed by atoms with E-state index >= 15 is 0 Å². The summed E-state index contributed by atoms with van der Waals surface area (Å²) in [6.07, 6.45) is 2.26. The molecule has 0 aromatic heterocycles. The van der Waals surface area contributed by atoms with Gasteiger partial charge in [0.15, 0.2) is 0 Å². The highest BCUT2D eigenvalue weighted by Crippen LogP contribution is 2.26. The van der Waals surface area contributed by atoms with Gasteiger partial charge in [-0.2, -0.15) is 0 Å². The summed E-state index contributed by atoms with van der Waals surface area (Å²) in [4.78, 5) is 40.5. The van der Waals surface area contributed by atoms with Crippen LogP contribution in [0, 0.1) is 5.82 Å². The topological polar surface area (TPSA) is 78.5 Å². The summed E-state index contributed by atoms with van der Waals surface area (Å²) in [6, 6.07) is 20.2. The molecule has 2 unspecified atom stereocenters. The molecule has 1 heterocycles. The maximum Gasteiger partial charge on any atom is 0.312 e. The second kappa shape index (κ2) is 12.5. The number of nitrogens with zero attached hydrogens (tertiary/aromatic N) is 1. The normalized spacial score (nSPS) is 15.8. The first-order valence-corrected chi connectivity index (χ1v) is 13.6. The summed E-state index contributed by atoms with van der Waals surface area (Å²) >= 11 is 6.56. The molecule has 2 atom stereocenters.